The molecule has 0 aliphatic carbocycles. The number of alkyl halides is 3. The molecular weight excluding hydrogens is 391 g/mol. The summed E-state index contributed by atoms with van der Waals surface area (Å²) < 4.78 is 45.7. The lowest BCUT2D eigenvalue weighted by molar-refractivity contribution is -0.155. The molecule has 4 rings (SSSR count). The highest BCUT2D eigenvalue weighted by Gasteiger charge is 2.42. The highest BCUT2D eigenvalue weighted by molar-refractivity contribution is 6.29. The molecule has 1 N–H and O–H groups in total. The predicted molar refractivity (Wildman–Crippen MR) is 102 cm³/mol. The van der Waals surface area contributed by atoms with Gasteiger partial charge >= 0.3 is 6.18 Å². The second-order valence-corrected chi connectivity index (χ2v) is 7.44. The first kappa shape index (κ1) is 19.1. The number of ether oxygens (including phenoxy) is 1. The van der Waals surface area contributed by atoms with Crippen LogP contribution in [0.2, 0.25) is 5.15 Å². The minimum Gasteiger partial charge on any atom is -0.496 e. The summed E-state index contributed by atoms with van der Waals surface area (Å²) in [7, 11) is 1.47. The number of methoxy groups -OCH3 is 1. The van der Waals surface area contributed by atoms with Gasteiger partial charge in [-0.05, 0) is 25.0 Å². The smallest absolute Gasteiger partial charge is 0.401 e. The molecule has 3 heterocycles. The molecule has 0 bridgehead atoms. The van der Waals surface area contributed by atoms with Gasteiger partial charge in [-0.1, -0.05) is 29.8 Å². The monoisotopic (exact) mass is 409 g/mol. The summed E-state index contributed by atoms with van der Waals surface area (Å²) in [5, 5.41) is 1.26. The van der Waals surface area contributed by atoms with E-state index in [4.69, 9.17) is 16.3 Å². The van der Waals surface area contributed by atoms with E-state index in [0.29, 0.717) is 17.7 Å². The van der Waals surface area contributed by atoms with Gasteiger partial charge in [0.05, 0.1) is 19.7 Å². The Bertz CT molecular complexity index is 1020. The highest BCUT2D eigenvalue weighted by atomic mass is 35.5. The third-order valence-corrected chi connectivity index (χ3v) is 5.46. The van der Waals surface area contributed by atoms with Gasteiger partial charge in [-0.25, -0.2) is 4.98 Å². The topological polar surface area (TPSA) is 41.1 Å². The molecule has 0 unspecified atom stereocenters. The van der Waals surface area contributed by atoms with E-state index >= 15 is 0 Å². The number of fused-ring (bicyclic) bond motifs is 3. The van der Waals surface area contributed by atoms with Gasteiger partial charge in [-0.15, -0.1) is 0 Å². The first-order chi connectivity index (χ1) is 13.3. The fraction of sp³-hybridized carbons (Fsp3) is 0.350. The summed E-state index contributed by atoms with van der Waals surface area (Å²) in [6.07, 6.45) is -2.30. The summed E-state index contributed by atoms with van der Waals surface area (Å²) >= 11 is 5.98. The molecule has 0 amide bonds. The number of para-hydroxylation sites is 1. The van der Waals surface area contributed by atoms with E-state index in [1.165, 1.54) is 24.3 Å². The zero-order chi connectivity index (χ0) is 20.1. The summed E-state index contributed by atoms with van der Waals surface area (Å²) in [4.78, 5) is 8.90. The van der Waals surface area contributed by atoms with Gasteiger partial charge < -0.3 is 9.72 Å². The van der Waals surface area contributed by atoms with Gasteiger partial charge in [-0.2, -0.15) is 13.2 Å². The van der Waals surface area contributed by atoms with Crippen LogP contribution in [0.4, 0.5) is 13.2 Å². The fourth-order valence-corrected chi connectivity index (χ4v) is 4.25. The maximum absolute atomic E-state index is 13.4. The molecule has 0 saturated heterocycles. The van der Waals surface area contributed by atoms with Gasteiger partial charge in [0.1, 0.15) is 10.9 Å². The van der Waals surface area contributed by atoms with Crippen LogP contribution in [-0.4, -0.2) is 40.7 Å². The lowest BCUT2D eigenvalue weighted by atomic mass is 9.89. The Morgan fingerprint density at radius 3 is 2.79 bits per heavy atom. The first-order valence-corrected chi connectivity index (χ1v) is 9.27. The number of benzene rings is 1. The molecule has 8 heteroatoms. The molecule has 148 valence electrons. The number of pyridine rings is 1. The molecule has 1 aliphatic heterocycles. The second-order valence-electron chi connectivity index (χ2n) is 7.05. The Kier molecular flexibility index (Phi) is 4.75. The van der Waals surface area contributed by atoms with Crippen LogP contribution in [0.3, 0.4) is 0 Å². The highest BCUT2D eigenvalue weighted by Crippen LogP contribution is 2.44. The van der Waals surface area contributed by atoms with Crippen molar-refractivity contribution in [2.24, 2.45) is 0 Å². The predicted octanol–water partition coefficient (Wildman–Crippen LogP) is 5.12. The molecule has 28 heavy (non-hydrogen) atoms. The third-order valence-electron chi connectivity index (χ3n) is 5.26. The maximum Gasteiger partial charge on any atom is 0.401 e. The largest absolute Gasteiger partial charge is 0.496 e. The average Bonchev–Trinajstić information content (AvgIpc) is 3.00. The molecule has 0 saturated carbocycles. The number of aromatic amines is 1. The van der Waals surface area contributed by atoms with Crippen molar-refractivity contribution in [3.05, 3.63) is 58.5 Å². The van der Waals surface area contributed by atoms with Crippen molar-refractivity contribution in [1.82, 2.24) is 14.9 Å². The number of aromatic nitrogens is 2. The van der Waals surface area contributed by atoms with E-state index in [9.17, 15) is 13.2 Å². The van der Waals surface area contributed by atoms with E-state index in [1.54, 1.807) is 0 Å². The van der Waals surface area contributed by atoms with Gasteiger partial charge in [-0.3, -0.25) is 4.90 Å². The van der Waals surface area contributed by atoms with Crippen LogP contribution in [0.1, 0.15) is 29.8 Å². The second kappa shape index (κ2) is 6.97. The molecule has 0 radical (unpaired) electrons. The normalized spacial score (nSPS) is 20.4. The van der Waals surface area contributed by atoms with Crippen LogP contribution in [0.15, 0.2) is 36.5 Å². The summed E-state index contributed by atoms with van der Waals surface area (Å²) in [5.41, 5.74) is 3.23. The number of hydrogen-bond donors (Lipinski definition) is 1. The van der Waals surface area contributed by atoms with Crippen LogP contribution in [0, 0.1) is 0 Å². The van der Waals surface area contributed by atoms with Crippen molar-refractivity contribution < 1.29 is 17.9 Å². The van der Waals surface area contributed by atoms with Crippen molar-refractivity contribution >= 4 is 22.5 Å². The van der Waals surface area contributed by atoms with E-state index in [0.717, 1.165) is 22.2 Å². The third kappa shape index (κ3) is 3.33. The van der Waals surface area contributed by atoms with Crippen LogP contribution in [-0.2, 0) is 6.42 Å². The summed E-state index contributed by atoms with van der Waals surface area (Å²) in [5.74, 6) is 0.413. The Labute approximate surface area is 165 Å². The number of halogens is 4. The lowest BCUT2D eigenvalue weighted by Crippen LogP contribution is -2.47. The standard InChI is InChI=1S/C20H19ClF3N3O/c1-11-7-13-12-5-3-4-6-15(12)26-18(13)19(27(11)10-20(22,23)24)14-9-25-17(21)8-16(14)28-2/h3-6,8-9,11,19,26H,7,10H2,1-2H3/t11-,19-/m1/s1. The maximum atomic E-state index is 13.4. The van der Waals surface area contributed by atoms with Crippen molar-refractivity contribution in [3.8, 4) is 5.75 Å². The molecule has 1 aliphatic rings. The Hall–Kier alpha value is -2.25. The van der Waals surface area contributed by atoms with E-state index < -0.39 is 18.8 Å². The van der Waals surface area contributed by atoms with E-state index in [1.807, 2.05) is 31.2 Å². The van der Waals surface area contributed by atoms with Gasteiger partial charge in [0.2, 0.25) is 0 Å². The summed E-state index contributed by atoms with van der Waals surface area (Å²) in [6, 6.07) is 8.30. The van der Waals surface area contributed by atoms with E-state index in [-0.39, 0.29) is 11.2 Å². The fourth-order valence-electron chi connectivity index (χ4n) is 4.10. The van der Waals surface area contributed by atoms with E-state index in [2.05, 4.69) is 9.97 Å². The number of nitrogens with one attached hydrogen (secondary N) is 1. The lowest BCUT2D eigenvalue weighted by Gasteiger charge is -2.41. The van der Waals surface area contributed by atoms with Crippen LogP contribution in [0.5, 0.6) is 5.75 Å². The zero-order valence-electron chi connectivity index (χ0n) is 15.3. The average molecular weight is 410 g/mol. The van der Waals surface area contributed by atoms with Crippen molar-refractivity contribution in [2.75, 3.05) is 13.7 Å². The van der Waals surface area contributed by atoms with Crippen molar-refractivity contribution in [2.45, 2.75) is 31.6 Å². The first-order valence-electron chi connectivity index (χ1n) is 8.90. The molecule has 2 aromatic heterocycles. The molecule has 3 aromatic rings. The van der Waals surface area contributed by atoms with Crippen LogP contribution < -0.4 is 4.74 Å². The molecular formula is C20H19ClF3N3O. The van der Waals surface area contributed by atoms with Gasteiger partial charge in [0.25, 0.3) is 0 Å². The Balaban J connectivity index is 1.95. The molecule has 0 spiro atoms. The van der Waals surface area contributed by atoms with Crippen LogP contribution in [0.25, 0.3) is 10.9 Å². The SMILES string of the molecule is COc1cc(Cl)ncc1[C@@H]1c2[nH]c3ccccc3c2C[C@@H](C)N1CC(F)(F)F. The van der Waals surface area contributed by atoms with Crippen molar-refractivity contribution in [3.63, 3.8) is 0 Å². The van der Waals surface area contributed by atoms with Crippen molar-refractivity contribution in [1.29, 1.82) is 0 Å². The van der Waals surface area contributed by atoms with Gasteiger partial charge in [0.15, 0.2) is 0 Å². The zero-order valence-corrected chi connectivity index (χ0v) is 16.1. The molecule has 4 nitrogen and oxygen atoms in total. The van der Waals surface area contributed by atoms with Gasteiger partial charge in [0, 0.05) is 40.5 Å². The number of hydrogen-bond acceptors (Lipinski definition) is 3. The minimum absolute atomic E-state index is 0.226. The molecule has 0 fully saturated rings. The summed E-state index contributed by atoms with van der Waals surface area (Å²) in [6.45, 7) is 0.790. The quantitative estimate of drug-likeness (QED) is 0.610. The Morgan fingerprint density at radius 1 is 1.32 bits per heavy atom. The number of nitrogens with zero attached hydrogens (tertiary/aromatic N) is 2. The minimum atomic E-state index is -4.33. The molecule has 2 atom stereocenters. The number of rotatable bonds is 3. The van der Waals surface area contributed by atoms with Crippen LogP contribution >= 0.6 is 11.6 Å². The Morgan fingerprint density at radius 2 is 2.07 bits per heavy atom. The number of H-pyrrole nitrogens is 1. The molecule has 1 aromatic carbocycles.